The maximum atomic E-state index is 13.9. The molecule has 2 rings (SSSR count). The van der Waals surface area contributed by atoms with E-state index in [-0.39, 0.29) is 9.33 Å². The van der Waals surface area contributed by atoms with E-state index in [4.69, 9.17) is 17.3 Å². The molecule has 10 heteroatoms. The van der Waals surface area contributed by atoms with Crippen molar-refractivity contribution in [3.63, 3.8) is 0 Å². The number of anilines is 1. The number of hydrogen-bond acceptors (Lipinski definition) is 3. The number of sulfonamides is 1. The summed E-state index contributed by atoms with van der Waals surface area (Å²) in [5, 5.41) is -0.171. The van der Waals surface area contributed by atoms with E-state index in [2.05, 4.69) is 0 Å². The van der Waals surface area contributed by atoms with Gasteiger partial charge in [0.15, 0.2) is 5.82 Å². The average Bonchev–Trinajstić information content (AvgIpc) is 3.13. The van der Waals surface area contributed by atoms with Crippen LogP contribution in [0.15, 0.2) is 17.0 Å². The highest BCUT2D eigenvalue weighted by atomic mass is 35.5. The second kappa shape index (κ2) is 5.29. The molecule has 118 valence electrons. The molecule has 1 aromatic rings. The Balaban J connectivity index is 2.49. The van der Waals surface area contributed by atoms with Gasteiger partial charge >= 0.3 is 6.18 Å². The van der Waals surface area contributed by atoms with Gasteiger partial charge in [-0.1, -0.05) is 11.6 Å². The summed E-state index contributed by atoms with van der Waals surface area (Å²) in [6.45, 7) is -1.67. The topological polar surface area (TPSA) is 63.4 Å². The van der Waals surface area contributed by atoms with Crippen LogP contribution in [0.5, 0.6) is 0 Å². The fourth-order valence-electron chi connectivity index (χ4n) is 1.85. The molecule has 0 atom stereocenters. The quantitative estimate of drug-likeness (QED) is 0.673. The Morgan fingerprint density at radius 3 is 2.38 bits per heavy atom. The van der Waals surface area contributed by atoms with E-state index in [1.165, 1.54) is 0 Å². The number of nitrogens with zero attached hydrogens (tertiary/aromatic N) is 1. The SMILES string of the molecule is Nc1cc(Cl)cc(S(=O)(=O)N(CC(F)(F)F)C2CC2)c1F. The second-order valence-electron chi connectivity index (χ2n) is 4.70. The maximum absolute atomic E-state index is 13.9. The van der Waals surface area contributed by atoms with Crippen molar-refractivity contribution in [2.75, 3.05) is 12.3 Å². The average molecular weight is 347 g/mol. The summed E-state index contributed by atoms with van der Waals surface area (Å²) in [4.78, 5) is -0.941. The van der Waals surface area contributed by atoms with E-state index < -0.39 is 45.2 Å². The summed E-state index contributed by atoms with van der Waals surface area (Å²) in [6, 6.07) is 0.964. The smallest absolute Gasteiger partial charge is 0.396 e. The predicted octanol–water partition coefficient (Wildman–Crippen LogP) is 2.78. The fourth-order valence-corrected chi connectivity index (χ4v) is 3.93. The van der Waals surface area contributed by atoms with Crippen molar-refractivity contribution in [3.05, 3.63) is 23.0 Å². The minimum absolute atomic E-state index is 0.171. The van der Waals surface area contributed by atoms with Gasteiger partial charge in [-0.05, 0) is 25.0 Å². The number of hydrogen-bond donors (Lipinski definition) is 1. The normalized spacial score (nSPS) is 16.5. The van der Waals surface area contributed by atoms with E-state index >= 15 is 0 Å². The number of nitrogen functional groups attached to an aromatic ring is 1. The fraction of sp³-hybridized carbons (Fsp3) is 0.455. The van der Waals surface area contributed by atoms with Gasteiger partial charge in [0.2, 0.25) is 10.0 Å². The first-order valence-corrected chi connectivity index (χ1v) is 7.67. The Kier molecular flexibility index (Phi) is 4.11. The molecule has 0 radical (unpaired) electrons. The summed E-state index contributed by atoms with van der Waals surface area (Å²) >= 11 is 5.61. The lowest BCUT2D eigenvalue weighted by molar-refractivity contribution is -0.137. The summed E-state index contributed by atoms with van der Waals surface area (Å²) in [5.74, 6) is -1.30. The molecule has 2 N–H and O–H groups in total. The molecular formula is C11H11ClF4N2O2S. The molecule has 0 amide bonds. The monoisotopic (exact) mass is 346 g/mol. The van der Waals surface area contributed by atoms with Crippen molar-refractivity contribution < 1.29 is 26.0 Å². The van der Waals surface area contributed by atoms with Crippen molar-refractivity contribution >= 4 is 27.3 Å². The van der Waals surface area contributed by atoms with Crippen LogP contribution in [0.25, 0.3) is 0 Å². The number of benzene rings is 1. The van der Waals surface area contributed by atoms with Gasteiger partial charge in [0.25, 0.3) is 0 Å². The minimum atomic E-state index is -4.73. The van der Waals surface area contributed by atoms with Crippen LogP contribution in [0.1, 0.15) is 12.8 Å². The Morgan fingerprint density at radius 1 is 1.33 bits per heavy atom. The molecule has 1 fully saturated rings. The number of alkyl halides is 3. The summed E-state index contributed by atoms with van der Waals surface area (Å²) in [6.07, 6.45) is -4.13. The Labute approximate surface area is 123 Å². The lowest BCUT2D eigenvalue weighted by Crippen LogP contribution is -2.40. The van der Waals surface area contributed by atoms with E-state index in [0.29, 0.717) is 12.8 Å². The van der Waals surface area contributed by atoms with E-state index in [1.807, 2.05) is 0 Å². The minimum Gasteiger partial charge on any atom is -0.396 e. The summed E-state index contributed by atoms with van der Waals surface area (Å²) in [5.41, 5.74) is 4.73. The number of rotatable bonds is 4. The molecular weight excluding hydrogens is 336 g/mol. The van der Waals surface area contributed by atoms with Gasteiger partial charge in [0.05, 0.1) is 5.69 Å². The third-order valence-corrected chi connectivity index (χ3v) is 5.02. The lowest BCUT2D eigenvalue weighted by Gasteiger charge is -2.23. The zero-order valence-electron chi connectivity index (χ0n) is 10.5. The van der Waals surface area contributed by atoms with Gasteiger partial charge in [0, 0.05) is 11.1 Å². The molecule has 0 spiro atoms. The molecule has 21 heavy (non-hydrogen) atoms. The highest BCUT2D eigenvalue weighted by Crippen LogP contribution is 2.36. The first kappa shape index (κ1) is 16.3. The zero-order chi connectivity index (χ0) is 16.0. The van der Waals surface area contributed by atoms with Crippen molar-refractivity contribution in [2.24, 2.45) is 0 Å². The van der Waals surface area contributed by atoms with Gasteiger partial charge in [-0.25, -0.2) is 12.8 Å². The molecule has 0 heterocycles. The van der Waals surface area contributed by atoms with Gasteiger partial charge < -0.3 is 5.73 Å². The molecule has 4 nitrogen and oxygen atoms in total. The Hall–Kier alpha value is -1.06. The van der Waals surface area contributed by atoms with Crippen LogP contribution >= 0.6 is 11.6 Å². The van der Waals surface area contributed by atoms with Crippen molar-refractivity contribution in [1.82, 2.24) is 4.31 Å². The first-order valence-electron chi connectivity index (χ1n) is 5.85. The van der Waals surface area contributed by atoms with Crippen LogP contribution in [0.3, 0.4) is 0 Å². The van der Waals surface area contributed by atoms with Crippen molar-refractivity contribution in [2.45, 2.75) is 30.0 Å². The zero-order valence-corrected chi connectivity index (χ0v) is 12.1. The van der Waals surface area contributed by atoms with Crippen LogP contribution in [0, 0.1) is 5.82 Å². The van der Waals surface area contributed by atoms with Gasteiger partial charge in [-0.15, -0.1) is 0 Å². The number of nitrogens with two attached hydrogens (primary N) is 1. The van der Waals surface area contributed by atoms with E-state index in [0.717, 1.165) is 12.1 Å². The lowest BCUT2D eigenvalue weighted by atomic mass is 10.3. The molecule has 1 saturated carbocycles. The first-order chi connectivity index (χ1) is 9.52. The molecule has 1 aliphatic rings. The largest absolute Gasteiger partial charge is 0.402 e. The molecule has 1 aromatic carbocycles. The standard InChI is InChI=1S/C11H11ClF4N2O2S/c12-6-3-8(17)10(13)9(4-6)21(19,20)18(7-1-2-7)5-11(14,15)16/h3-4,7H,1-2,5,17H2. The Bertz CT molecular complexity index is 659. The Morgan fingerprint density at radius 2 is 1.90 bits per heavy atom. The highest BCUT2D eigenvalue weighted by Gasteiger charge is 2.45. The summed E-state index contributed by atoms with van der Waals surface area (Å²) < 4.78 is 76.4. The third kappa shape index (κ3) is 3.58. The van der Waals surface area contributed by atoms with Gasteiger partial charge in [0.1, 0.15) is 11.4 Å². The molecule has 0 bridgehead atoms. The molecule has 0 aliphatic heterocycles. The second-order valence-corrected chi connectivity index (χ2v) is 7.00. The molecule has 0 saturated heterocycles. The van der Waals surface area contributed by atoms with Gasteiger partial charge in [-0.2, -0.15) is 17.5 Å². The van der Waals surface area contributed by atoms with Crippen molar-refractivity contribution in [1.29, 1.82) is 0 Å². The van der Waals surface area contributed by atoms with Crippen LogP contribution in [-0.4, -0.2) is 31.5 Å². The van der Waals surface area contributed by atoms with Crippen molar-refractivity contribution in [3.8, 4) is 0 Å². The maximum Gasteiger partial charge on any atom is 0.402 e. The highest BCUT2D eigenvalue weighted by molar-refractivity contribution is 7.89. The van der Waals surface area contributed by atoms with Crippen LogP contribution in [-0.2, 0) is 10.0 Å². The van der Waals surface area contributed by atoms with Crippen LogP contribution in [0.4, 0.5) is 23.2 Å². The molecule has 1 aliphatic carbocycles. The predicted molar refractivity (Wildman–Crippen MR) is 68.8 cm³/mol. The van der Waals surface area contributed by atoms with Gasteiger partial charge in [-0.3, -0.25) is 0 Å². The van der Waals surface area contributed by atoms with Crippen LogP contribution < -0.4 is 5.73 Å². The summed E-state index contributed by atoms with van der Waals surface area (Å²) in [7, 11) is -4.67. The molecule has 0 unspecified atom stereocenters. The van der Waals surface area contributed by atoms with Crippen LogP contribution in [0.2, 0.25) is 5.02 Å². The third-order valence-electron chi connectivity index (χ3n) is 2.91. The number of halogens is 5. The molecule has 0 aromatic heterocycles. The van der Waals surface area contributed by atoms with E-state index in [9.17, 15) is 26.0 Å². The van der Waals surface area contributed by atoms with E-state index in [1.54, 1.807) is 0 Å².